The fourth-order valence-electron chi connectivity index (χ4n) is 2.57. The van der Waals surface area contributed by atoms with Crippen LogP contribution in [0.1, 0.15) is 39.8 Å². The van der Waals surface area contributed by atoms with Gasteiger partial charge in [-0.15, -0.1) is 11.3 Å². The highest BCUT2D eigenvalue weighted by molar-refractivity contribution is 7.11. The first-order valence-electron chi connectivity index (χ1n) is 7.42. The monoisotopic (exact) mass is 286 g/mol. The number of aromatic nitrogens is 1. The lowest BCUT2D eigenvalue weighted by Crippen LogP contribution is -2.24. The van der Waals surface area contributed by atoms with Crippen molar-refractivity contribution < 1.29 is 0 Å². The second-order valence-electron chi connectivity index (χ2n) is 5.84. The number of benzene rings is 1. The van der Waals surface area contributed by atoms with Crippen molar-refractivity contribution in [1.82, 2.24) is 10.3 Å². The molecule has 1 saturated carbocycles. The van der Waals surface area contributed by atoms with E-state index in [2.05, 4.69) is 48.4 Å². The van der Waals surface area contributed by atoms with Crippen LogP contribution in [0.3, 0.4) is 0 Å². The first-order valence-corrected chi connectivity index (χ1v) is 8.23. The van der Waals surface area contributed by atoms with Gasteiger partial charge in [-0.2, -0.15) is 0 Å². The molecule has 0 bridgehead atoms. The molecule has 1 N–H and O–H groups in total. The Bertz CT molecular complexity index is 572. The van der Waals surface area contributed by atoms with Gasteiger partial charge >= 0.3 is 0 Å². The van der Waals surface area contributed by atoms with E-state index in [0.717, 1.165) is 24.0 Å². The quantitative estimate of drug-likeness (QED) is 0.873. The van der Waals surface area contributed by atoms with Crippen molar-refractivity contribution in [2.24, 2.45) is 0 Å². The normalized spacial score (nSPS) is 16.3. The topological polar surface area (TPSA) is 24.9 Å². The van der Waals surface area contributed by atoms with Crippen LogP contribution >= 0.6 is 11.3 Å². The SMILES string of the molecule is Cc1cccc(C(CNC2CC2)Cc2cnc(C)s2)c1. The zero-order valence-electron chi connectivity index (χ0n) is 12.2. The minimum Gasteiger partial charge on any atom is -0.313 e. The van der Waals surface area contributed by atoms with E-state index in [4.69, 9.17) is 0 Å². The summed E-state index contributed by atoms with van der Waals surface area (Å²) < 4.78 is 0. The van der Waals surface area contributed by atoms with Gasteiger partial charge in [0.15, 0.2) is 0 Å². The van der Waals surface area contributed by atoms with Crippen LogP contribution < -0.4 is 5.32 Å². The molecular formula is C17H22N2S. The van der Waals surface area contributed by atoms with Crippen molar-refractivity contribution in [3.05, 3.63) is 51.5 Å². The van der Waals surface area contributed by atoms with Gasteiger partial charge in [0.05, 0.1) is 5.01 Å². The van der Waals surface area contributed by atoms with Crippen LogP contribution in [0, 0.1) is 13.8 Å². The summed E-state index contributed by atoms with van der Waals surface area (Å²) in [6, 6.07) is 9.71. The molecule has 1 heterocycles. The molecule has 0 radical (unpaired) electrons. The maximum absolute atomic E-state index is 4.39. The zero-order chi connectivity index (χ0) is 13.9. The maximum Gasteiger partial charge on any atom is 0.0896 e. The van der Waals surface area contributed by atoms with Gasteiger partial charge in [-0.3, -0.25) is 0 Å². The fourth-order valence-corrected chi connectivity index (χ4v) is 3.45. The van der Waals surface area contributed by atoms with E-state index in [1.807, 2.05) is 17.5 Å². The van der Waals surface area contributed by atoms with E-state index in [1.165, 1.54) is 28.8 Å². The largest absolute Gasteiger partial charge is 0.313 e. The van der Waals surface area contributed by atoms with Gasteiger partial charge in [0, 0.05) is 29.6 Å². The van der Waals surface area contributed by atoms with Crippen molar-refractivity contribution in [3.8, 4) is 0 Å². The Labute approximate surface area is 125 Å². The van der Waals surface area contributed by atoms with Crippen LogP contribution in [-0.4, -0.2) is 17.6 Å². The van der Waals surface area contributed by atoms with E-state index in [0.29, 0.717) is 5.92 Å². The predicted molar refractivity (Wildman–Crippen MR) is 85.5 cm³/mol. The summed E-state index contributed by atoms with van der Waals surface area (Å²) in [6.07, 6.45) is 5.83. The van der Waals surface area contributed by atoms with Crippen LogP contribution in [0.2, 0.25) is 0 Å². The summed E-state index contributed by atoms with van der Waals surface area (Å²) in [5.74, 6) is 0.551. The lowest BCUT2D eigenvalue weighted by molar-refractivity contribution is 0.579. The number of hydrogen-bond acceptors (Lipinski definition) is 3. The fraction of sp³-hybridized carbons (Fsp3) is 0.471. The smallest absolute Gasteiger partial charge is 0.0896 e. The van der Waals surface area contributed by atoms with E-state index in [-0.39, 0.29) is 0 Å². The Morgan fingerprint density at radius 2 is 2.20 bits per heavy atom. The van der Waals surface area contributed by atoms with E-state index in [1.54, 1.807) is 0 Å². The standard InChI is InChI=1S/C17H22N2S/c1-12-4-3-5-14(8-12)15(10-19-16-6-7-16)9-17-11-18-13(2)20-17/h3-5,8,11,15-16,19H,6-7,9-10H2,1-2H3. The van der Waals surface area contributed by atoms with Crippen molar-refractivity contribution >= 4 is 11.3 Å². The summed E-state index contributed by atoms with van der Waals surface area (Å²) in [7, 11) is 0. The first-order chi connectivity index (χ1) is 9.70. The minimum absolute atomic E-state index is 0.551. The first kappa shape index (κ1) is 13.8. The Morgan fingerprint density at radius 1 is 1.35 bits per heavy atom. The van der Waals surface area contributed by atoms with Crippen LogP contribution in [0.4, 0.5) is 0 Å². The van der Waals surface area contributed by atoms with Gasteiger partial charge in [0.25, 0.3) is 0 Å². The second kappa shape index (κ2) is 6.06. The molecule has 2 nitrogen and oxygen atoms in total. The summed E-state index contributed by atoms with van der Waals surface area (Å²) >= 11 is 1.83. The van der Waals surface area contributed by atoms with Gasteiger partial charge in [-0.05, 0) is 38.7 Å². The van der Waals surface area contributed by atoms with Gasteiger partial charge in [-0.1, -0.05) is 29.8 Å². The molecule has 106 valence electrons. The molecular weight excluding hydrogens is 264 g/mol. The van der Waals surface area contributed by atoms with Gasteiger partial charge < -0.3 is 5.32 Å². The third-order valence-electron chi connectivity index (χ3n) is 3.86. The Balaban J connectivity index is 1.74. The van der Waals surface area contributed by atoms with Gasteiger partial charge in [-0.25, -0.2) is 4.98 Å². The number of aryl methyl sites for hydroxylation is 2. The molecule has 3 heteroatoms. The Hall–Kier alpha value is -1.19. The molecule has 1 atom stereocenters. The highest BCUT2D eigenvalue weighted by atomic mass is 32.1. The lowest BCUT2D eigenvalue weighted by atomic mass is 9.94. The number of thiazole rings is 1. The number of nitrogens with zero attached hydrogens (tertiary/aromatic N) is 1. The summed E-state index contributed by atoms with van der Waals surface area (Å²) in [5.41, 5.74) is 2.80. The van der Waals surface area contributed by atoms with E-state index in [9.17, 15) is 0 Å². The molecule has 1 aromatic carbocycles. The van der Waals surface area contributed by atoms with Crippen LogP contribution in [-0.2, 0) is 6.42 Å². The van der Waals surface area contributed by atoms with Gasteiger partial charge in [0.2, 0.25) is 0 Å². The summed E-state index contributed by atoms with van der Waals surface area (Å²) in [5, 5.41) is 4.85. The molecule has 3 rings (SSSR count). The number of hydrogen-bond donors (Lipinski definition) is 1. The van der Waals surface area contributed by atoms with Crippen molar-refractivity contribution in [2.45, 2.75) is 45.1 Å². The van der Waals surface area contributed by atoms with E-state index >= 15 is 0 Å². The molecule has 0 aliphatic heterocycles. The number of nitrogens with one attached hydrogen (secondary N) is 1. The highest BCUT2D eigenvalue weighted by Gasteiger charge is 2.23. The third kappa shape index (κ3) is 3.68. The molecule has 0 saturated heterocycles. The highest BCUT2D eigenvalue weighted by Crippen LogP contribution is 2.26. The molecule has 0 spiro atoms. The zero-order valence-corrected chi connectivity index (χ0v) is 13.0. The van der Waals surface area contributed by atoms with Crippen LogP contribution in [0.15, 0.2) is 30.5 Å². The average molecular weight is 286 g/mol. The second-order valence-corrected chi connectivity index (χ2v) is 7.16. The van der Waals surface area contributed by atoms with Gasteiger partial charge in [0.1, 0.15) is 0 Å². The molecule has 1 aromatic heterocycles. The van der Waals surface area contributed by atoms with Crippen LogP contribution in [0.5, 0.6) is 0 Å². The Morgan fingerprint density at radius 3 is 2.85 bits per heavy atom. The molecule has 1 unspecified atom stereocenters. The molecule has 1 aliphatic carbocycles. The van der Waals surface area contributed by atoms with Crippen molar-refractivity contribution in [3.63, 3.8) is 0 Å². The van der Waals surface area contributed by atoms with Crippen molar-refractivity contribution in [1.29, 1.82) is 0 Å². The minimum atomic E-state index is 0.551. The summed E-state index contributed by atoms with van der Waals surface area (Å²) in [6.45, 7) is 5.33. The molecule has 1 aliphatic rings. The summed E-state index contributed by atoms with van der Waals surface area (Å²) in [4.78, 5) is 5.78. The Kier molecular flexibility index (Phi) is 4.18. The molecule has 1 fully saturated rings. The number of rotatable bonds is 6. The lowest BCUT2D eigenvalue weighted by Gasteiger charge is -2.18. The maximum atomic E-state index is 4.39. The molecule has 20 heavy (non-hydrogen) atoms. The molecule has 2 aromatic rings. The third-order valence-corrected chi connectivity index (χ3v) is 4.80. The van der Waals surface area contributed by atoms with Crippen LogP contribution in [0.25, 0.3) is 0 Å². The van der Waals surface area contributed by atoms with Crippen molar-refractivity contribution in [2.75, 3.05) is 6.54 Å². The van der Waals surface area contributed by atoms with E-state index < -0.39 is 0 Å². The molecule has 0 amide bonds. The predicted octanol–water partition coefficient (Wildman–Crippen LogP) is 3.84. The average Bonchev–Trinajstić information content (AvgIpc) is 3.17.